The zero-order chi connectivity index (χ0) is 22.9. The number of hydrogen-bond acceptors (Lipinski definition) is 5. The Labute approximate surface area is 199 Å². The molecule has 1 N–H and O–H groups in total. The molecule has 10 heteroatoms. The number of benzene rings is 3. The molecule has 4 rings (SSSR count). The van der Waals surface area contributed by atoms with E-state index in [1.165, 1.54) is 6.07 Å². The van der Waals surface area contributed by atoms with Crippen molar-refractivity contribution in [3.05, 3.63) is 81.2 Å². The first kappa shape index (κ1) is 22.8. The minimum atomic E-state index is -3.80. The predicted molar refractivity (Wildman–Crippen MR) is 128 cm³/mol. The number of carbonyl (C=O) groups excluding carboxylic acids is 2. The fourth-order valence-electron chi connectivity index (χ4n) is 3.16. The molecule has 0 atom stereocenters. The number of carbonyl (C=O) groups is 2. The highest BCUT2D eigenvalue weighted by Gasteiger charge is 2.34. The van der Waals surface area contributed by atoms with Crippen LogP contribution in [0, 0.1) is 0 Å². The summed E-state index contributed by atoms with van der Waals surface area (Å²) in [6.45, 7) is -0.191. The van der Waals surface area contributed by atoms with Gasteiger partial charge in [-0.15, -0.1) is 0 Å². The van der Waals surface area contributed by atoms with Crippen molar-refractivity contribution in [2.75, 3.05) is 13.1 Å². The fraction of sp³-hybridized carbons (Fsp3) is 0.0909. The summed E-state index contributed by atoms with van der Waals surface area (Å²) in [5, 5.41) is 1.98. The van der Waals surface area contributed by atoms with E-state index in [1.54, 1.807) is 36.4 Å². The molecule has 0 aliphatic carbocycles. The Hall–Kier alpha value is -2.36. The molecule has 0 bridgehead atoms. The van der Waals surface area contributed by atoms with Gasteiger partial charge in [0.2, 0.25) is 10.0 Å². The fourth-order valence-corrected chi connectivity index (χ4v) is 5.38. The van der Waals surface area contributed by atoms with Crippen LogP contribution in [0.5, 0.6) is 0 Å². The third-order valence-corrected chi connectivity index (χ3v) is 7.88. The van der Waals surface area contributed by atoms with Crippen molar-refractivity contribution >= 4 is 73.0 Å². The molecule has 2 amide bonds. The molecule has 0 saturated carbocycles. The van der Waals surface area contributed by atoms with Crippen LogP contribution in [0.1, 0.15) is 5.56 Å². The van der Waals surface area contributed by atoms with Crippen LogP contribution in [-0.2, 0) is 14.8 Å². The van der Waals surface area contributed by atoms with Gasteiger partial charge < -0.3 is 0 Å². The topological polar surface area (TPSA) is 83.6 Å². The lowest BCUT2D eigenvalue weighted by atomic mass is 10.1. The molecule has 32 heavy (non-hydrogen) atoms. The largest absolute Gasteiger partial charge is 0.293 e. The van der Waals surface area contributed by atoms with Crippen LogP contribution in [0.3, 0.4) is 0 Å². The smallest absolute Gasteiger partial charge is 0.268 e. The Morgan fingerprint density at radius 1 is 0.938 bits per heavy atom. The van der Waals surface area contributed by atoms with Gasteiger partial charge in [-0.25, -0.2) is 13.1 Å². The summed E-state index contributed by atoms with van der Waals surface area (Å²) in [6, 6.07) is 17.1. The number of amides is 2. The van der Waals surface area contributed by atoms with Gasteiger partial charge in [-0.05, 0) is 58.4 Å². The lowest BCUT2D eigenvalue weighted by molar-refractivity contribution is -0.122. The lowest BCUT2D eigenvalue weighted by Crippen LogP contribution is -2.37. The summed E-state index contributed by atoms with van der Waals surface area (Å²) in [5.74, 6) is -0.490. The molecule has 0 spiro atoms. The van der Waals surface area contributed by atoms with E-state index >= 15 is 0 Å². The third-order valence-electron chi connectivity index (χ3n) is 4.77. The highest BCUT2D eigenvalue weighted by atomic mass is 35.5. The Balaban J connectivity index is 1.42. The number of imide groups is 1. The SMILES string of the molecule is O=C1SC(=Cc2ccc(Cl)c(Cl)c2)C(=O)N1CCNS(=O)(=O)c1ccc2ccccc2c1. The van der Waals surface area contributed by atoms with Gasteiger partial charge >= 0.3 is 0 Å². The second kappa shape index (κ2) is 9.25. The first-order chi connectivity index (χ1) is 15.2. The van der Waals surface area contributed by atoms with Gasteiger partial charge in [0.1, 0.15) is 0 Å². The minimum absolute atomic E-state index is 0.0871. The molecule has 1 heterocycles. The van der Waals surface area contributed by atoms with Crippen LogP contribution < -0.4 is 4.72 Å². The molecule has 3 aromatic carbocycles. The molecule has 0 unspecified atom stereocenters. The van der Waals surface area contributed by atoms with E-state index in [2.05, 4.69) is 4.72 Å². The molecular weight excluding hydrogens is 491 g/mol. The normalized spacial score (nSPS) is 15.8. The van der Waals surface area contributed by atoms with E-state index in [-0.39, 0.29) is 22.9 Å². The number of thioether (sulfide) groups is 1. The first-order valence-electron chi connectivity index (χ1n) is 9.43. The second-order valence-corrected chi connectivity index (χ2v) is 10.5. The van der Waals surface area contributed by atoms with E-state index in [1.807, 2.05) is 24.3 Å². The summed E-state index contributed by atoms with van der Waals surface area (Å²) in [6.07, 6.45) is 1.55. The van der Waals surface area contributed by atoms with Crippen molar-refractivity contribution in [3.8, 4) is 0 Å². The van der Waals surface area contributed by atoms with Crippen LogP contribution >= 0.6 is 35.0 Å². The highest BCUT2D eigenvalue weighted by molar-refractivity contribution is 8.18. The standard InChI is InChI=1S/C22H16Cl2N2O4S2/c23-18-8-5-14(11-19(18)24)12-20-21(27)26(22(28)31-20)10-9-25-32(29,30)17-7-6-15-3-1-2-4-16(15)13-17/h1-8,11-13,25H,9-10H2. The molecule has 1 aliphatic heterocycles. The van der Waals surface area contributed by atoms with E-state index in [9.17, 15) is 18.0 Å². The van der Waals surface area contributed by atoms with Gasteiger partial charge in [-0.2, -0.15) is 0 Å². The predicted octanol–water partition coefficient (Wildman–Crippen LogP) is 5.16. The van der Waals surface area contributed by atoms with Crippen LogP contribution in [0.25, 0.3) is 16.8 Å². The van der Waals surface area contributed by atoms with Crippen LogP contribution in [-0.4, -0.2) is 37.6 Å². The third kappa shape index (κ3) is 4.84. The zero-order valence-corrected chi connectivity index (χ0v) is 19.6. The van der Waals surface area contributed by atoms with Crippen molar-refractivity contribution < 1.29 is 18.0 Å². The van der Waals surface area contributed by atoms with Gasteiger partial charge in [0.15, 0.2) is 0 Å². The molecule has 1 fully saturated rings. The number of nitrogens with one attached hydrogen (secondary N) is 1. The Kier molecular flexibility index (Phi) is 6.60. The summed E-state index contributed by atoms with van der Waals surface area (Å²) < 4.78 is 27.7. The Bertz CT molecular complexity index is 1370. The molecule has 3 aromatic rings. The van der Waals surface area contributed by atoms with Gasteiger partial charge in [0, 0.05) is 13.1 Å². The summed E-state index contributed by atoms with van der Waals surface area (Å²) in [7, 11) is -3.80. The second-order valence-electron chi connectivity index (χ2n) is 6.91. The molecular formula is C22H16Cl2N2O4S2. The Morgan fingerprint density at radius 3 is 2.44 bits per heavy atom. The summed E-state index contributed by atoms with van der Waals surface area (Å²) >= 11 is 12.7. The minimum Gasteiger partial charge on any atom is -0.268 e. The lowest BCUT2D eigenvalue weighted by Gasteiger charge is -2.13. The van der Waals surface area contributed by atoms with Crippen LogP contribution in [0.4, 0.5) is 4.79 Å². The van der Waals surface area contributed by atoms with Crippen LogP contribution in [0.2, 0.25) is 10.0 Å². The Morgan fingerprint density at radius 2 is 1.69 bits per heavy atom. The summed E-state index contributed by atoms with van der Waals surface area (Å²) in [5.41, 5.74) is 0.627. The molecule has 0 aromatic heterocycles. The zero-order valence-electron chi connectivity index (χ0n) is 16.4. The molecule has 164 valence electrons. The number of rotatable bonds is 6. The quantitative estimate of drug-likeness (QED) is 0.466. The molecule has 0 radical (unpaired) electrons. The highest BCUT2D eigenvalue weighted by Crippen LogP contribution is 2.33. The van der Waals surface area contributed by atoms with E-state index in [0.717, 1.165) is 27.4 Å². The van der Waals surface area contributed by atoms with Gasteiger partial charge in [-0.3, -0.25) is 14.5 Å². The molecule has 6 nitrogen and oxygen atoms in total. The maximum atomic E-state index is 12.6. The summed E-state index contributed by atoms with van der Waals surface area (Å²) in [4.78, 5) is 26.3. The van der Waals surface area contributed by atoms with Crippen LogP contribution in [0.15, 0.2) is 70.5 Å². The van der Waals surface area contributed by atoms with Crippen molar-refractivity contribution in [1.29, 1.82) is 0 Å². The average molecular weight is 507 g/mol. The maximum absolute atomic E-state index is 12.6. The maximum Gasteiger partial charge on any atom is 0.293 e. The number of hydrogen-bond donors (Lipinski definition) is 1. The van der Waals surface area contributed by atoms with E-state index in [0.29, 0.717) is 15.6 Å². The molecule has 1 saturated heterocycles. The number of nitrogens with zero attached hydrogens (tertiary/aromatic N) is 1. The molecule has 1 aliphatic rings. The van der Waals surface area contributed by atoms with Crippen molar-refractivity contribution in [2.24, 2.45) is 0 Å². The monoisotopic (exact) mass is 506 g/mol. The van der Waals surface area contributed by atoms with Gasteiger partial charge in [-0.1, -0.05) is 59.6 Å². The van der Waals surface area contributed by atoms with Gasteiger partial charge in [0.25, 0.3) is 11.1 Å². The van der Waals surface area contributed by atoms with Crippen molar-refractivity contribution in [1.82, 2.24) is 9.62 Å². The average Bonchev–Trinajstić information content (AvgIpc) is 3.03. The van der Waals surface area contributed by atoms with Crippen molar-refractivity contribution in [3.63, 3.8) is 0 Å². The number of sulfonamides is 1. The number of fused-ring (bicyclic) bond motifs is 1. The number of halogens is 2. The van der Waals surface area contributed by atoms with E-state index in [4.69, 9.17) is 23.2 Å². The first-order valence-corrected chi connectivity index (χ1v) is 12.5. The van der Waals surface area contributed by atoms with Gasteiger partial charge in [0.05, 0.1) is 19.8 Å². The van der Waals surface area contributed by atoms with E-state index < -0.39 is 21.2 Å². The van der Waals surface area contributed by atoms with Crippen molar-refractivity contribution in [2.45, 2.75) is 4.90 Å².